The molecule has 2 aliphatic rings. The lowest BCUT2D eigenvalue weighted by Gasteiger charge is -2.46. The van der Waals surface area contributed by atoms with Crippen molar-refractivity contribution in [1.82, 2.24) is 5.32 Å². The molecule has 14 heteroatoms. The second-order valence-corrected chi connectivity index (χ2v) is 17.9. The van der Waals surface area contributed by atoms with Crippen LogP contribution in [0.15, 0.2) is 85.1 Å². The van der Waals surface area contributed by atoms with E-state index in [1.807, 2.05) is 18.2 Å². The predicted molar refractivity (Wildman–Crippen MR) is 267 cm³/mol. The van der Waals surface area contributed by atoms with Gasteiger partial charge in [-0.3, -0.25) is 4.79 Å². The van der Waals surface area contributed by atoms with Crippen molar-refractivity contribution >= 4 is 5.91 Å². The summed E-state index contributed by atoms with van der Waals surface area (Å²) < 4.78 is 22.6. The molecule has 2 fully saturated rings. The number of ether oxygens (including phenoxy) is 4. The van der Waals surface area contributed by atoms with Gasteiger partial charge in [-0.25, -0.2) is 0 Å². The molecule has 0 aromatic rings. The Bertz CT molecular complexity index is 1460. The van der Waals surface area contributed by atoms with Crippen molar-refractivity contribution in [2.24, 2.45) is 0 Å². The van der Waals surface area contributed by atoms with E-state index < -0.39 is 86.8 Å². The molecule has 2 saturated heterocycles. The van der Waals surface area contributed by atoms with E-state index in [-0.39, 0.29) is 18.9 Å². The van der Waals surface area contributed by atoms with Gasteiger partial charge in [-0.1, -0.05) is 163 Å². The smallest absolute Gasteiger partial charge is 0.220 e. The van der Waals surface area contributed by atoms with Crippen molar-refractivity contribution < 1.29 is 64.6 Å². The molecule has 0 saturated carbocycles. The van der Waals surface area contributed by atoms with E-state index in [0.29, 0.717) is 12.8 Å². The Kier molecular flexibility index (Phi) is 35.9. The van der Waals surface area contributed by atoms with Gasteiger partial charge in [0.15, 0.2) is 12.6 Å². The highest BCUT2D eigenvalue weighted by Crippen LogP contribution is 2.30. The quantitative estimate of drug-likeness (QED) is 0.0225. The third-order valence-corrected chi connectivity index (χ3v) is 12.1. The normalized spacial score (nSPS) is 27.1. The minimum absolute atomic E-state index is 0.144. The molecule has 0 spiro atoms. The summed E-state index contributed by atoms with van der Waals surface area (Å²) in [5.41, 5.74) is 0. The first-order valence-electron chi connectivity index (χ1n) is 25.8. The van der Waals surface area contributed by atoms with Gasteiger partial charge in [-0.05, 0) is 70.6 Å². The molecule has 0 aromatic carbocycles. The van der Waals surface area contributed by atoms with Gasteiger partial charge in [0, 0.05) is 6.42 Å². The molecule has 9 N–H and O–H groups in total. The van der Waals surface area contributed by atoms with E-state index >= 15 is 0 Å². The van der Waals surface area contributed by atoms with Crippen LogP contribution in [-0.2, 0) is 23.7 Å². The monoisotopic (exact) mass is 962 g/mol. The average molecular weight is 962 g/mol. The molecular formula is C54H91NO13. The number of carbonyl (C=O) groups excluding carboxylic acids is 1. The van der Waals surface area contributed by atoms with E-state index in [1.54, 1.807) is 6.08 Å². The fraction of sp³-hybridized carbons (Fsp3) is 0.722. The molecule has 2 heterocycles. The lowest BCUT2D eigenvalue weighted by molar-refractivity contribution is -0.359. The summed E-state index contributed by atoms with van der Waals surface area (Å²) >= 11 is 0. The Morgan fingerprint density at radius 2 is 1.03 bits per heavy atom. The maximum atomic E-state index is 13.1. The Balaban J connectivity index is 1.88. The van der Waals surface area contributed by atoms with Gasteiger partial charge in [0.05, 0.1) is 32.0 Å². The molecule has 0 aliphatic carbocycles. The van der Waals surface area contributed by atoms with Crippen molar-refractivity contribution in [3.8, 4) is 0 Å². The Hall–Kier alpha value is -2.83. The standard InChI is InChI=1S/C54H91NO13/c1-3-5-7-9-11-13-15-17-18-19-20-21-22-23-24-26-27-29-31-33-35-37-43(58)42(55-46(59)38-36-34-32-30-28-25-16-14-12-10-8-6-4-2)41-65-53-51(64)49(62)52(45(40-57)67-53)68-54-50(63)48(61)47(60)44(39-56)66-54/h6,8,12,14,22-23,25,27-29,32,34-35,37,42-45,47-54,56-58,60-64H,3-5,7,9-11,13,15-21,24,26,30-31,33,36,38-41H2,1-2H3,(H,55,59)/b8-6-,14-12-,23-22+,28-25-,29-27+,34-32-,37-35+. The lowest BCUT2D eigenvalue weighted by Crippen LogP contribution is -2.65. The predicted octanol–water partition coefficient (Wildman–Crippen LogP) is 6.99. The van der Waals surface area contributed by atoms with E-state index in [1.165, 1.54) is 70.6 Å². The zero-order chi connectivity index (χ0) is 49.6. The van der Waals surface area contributed by atoms with Crippen LogP contribution in [-0.4, -0.2) is 140 Å². The molecule has 2 rings (SSSR count). The van der Waals surface area contributed by atoms with Crippen LogP contribution >= 0.6 is 0 Å². The fourth-order valence-electron chi connectivity index (χ4n) is 7.86. The maximum absolute atomic E-state index is 13.1. The second-order valence-electron chi connectivity index (χ2n) is 17.9. The first kappa shape index (κ1) is 61.3. The highest BCUT2D eigenvalue weighted by molar-refractivity contribution is 5.76. The SMILES string of the molecule is CC/C=C\C/C=C\C/C=C\C/C=C\CCC(=O)NC(COC1OC(CO)C(OC2OC(CO)C(O)C(O)C2O)C(O)C1O)C(O)/C=C/CC/C=C/CC/C=C/CCCCCCCCCCCCC. The molecule has 12 atom stereocenters. The second kappa shape index (κ2) is 39.8. The minimum atomic E-state index is -1.80. The number of nitrogens with one attached hydrogen (secondary N) is 1. The molecule has 1 amide bonds. The highest BCUT2D eigenvalue weighted by Gasteiger charge is 2.51. The third kappa shape index (κ3) is 26.4. The van der Waals surface area contributed by atoms with Gasteiger partial charge in [-0.2, -0.15) is 0 Å². The van der Waals surface area contributed by atoms with Gasteiger partial charge < -0.3 is 65.1 Å². The van der Waals surface area contributed by atoms with Crippen molar-refractivity contribution in [1.29, 1.82) is 0 Å². The number of carbonyl (C=O) groups is 1. The average Bonchev–Trinajstić information content (AvgIpc) is 3.34. The van der Waals surface area contributed by atoms with Crippen molar-refractivity contribution in [2.45, 2.75) is 229 Å². The third-order valence-electron chi connectivity index (χ3n) is 12.1. The van der Waals surface area contributed by atoms with Crippen LogP contribution in [0.4, 0.5) is 0 Å². The Morgan fingerprint density at radius 1 is 0.544 bits per heavy atom. The van der Waals surface area contributed by atoms with Gasteiger partial charge in [-0.15, -0.1) is 0 Å². The first-order chi connectivity index (χ1) is 33.1. The summed E-state index contributed by atoms with van der Waals surface area (Å²) in [6, 6.07) is -0.979. The molecule has 68 heavy (non-hydrogen) atoms. The van der Waals surface area contributed by atoms with Gasteiger partial charge >= 0.3 is 0 Å². The van der Waals surface area contributed by atoms with E-state index in [9.17, 15) is 45.6 Å². The molecule has 390 valence electrons. The number of hydrogen-bond acceptors (Lipinski definition) is 13. The number of aliphatic hydroxyl groups is 8. The maximum Gasteiger partial charge on any atom is 0.220 e. The van der Waals surface area contributed by atoms with Crippen LogP contribution in [0, 0.1) is 0 Å². The zero-order valence-electron chi connectivity index (χ0n) is 41.3. The van der Waals surface area contributed by atoms with Gasteiger partial charge in [0.25, 0.3) is 0 Å². The van der Waals surface area contributed by atoms with Crippen LogP contribution in [0.2, 0.25) is 0 Å². The van der Waals surface area contributed by atoms with Crippen molar-refractivity contribution in [2.75, 3.05) is 19.8 Å². The summed E-state index contributed by atoms with van der Waals surface area (Å²) in [4.78, 5) is 13.1. The number of hydrogen-bond donors (Lipinski definition) is 9. The van der Waals surface area contributed by atoms with Gasteiger partial charge in [0.1, 0.15) is 48.8 Å². The summed E-state index contributed by atoms with van der Waals surface area (Å²) in [6.45, 7) is 2.57. The number of amides is 1. The number of allylic oxidation sites excluding steroid dienone is 13. The van der Waals surface area contributed by atoms with E-state index in [0.717, 1.165) is 51.4 Å². The molecule has 0 bridgehead atoms. The van der Waals surface area contributed by atoms with Crippen LogP contribution in [0.25, 0.3) is 0 Å². The summed E-state index contributed by atoms with van der Waals surface area (Å²) in [5, 5.41) is 86.6. The number of aliphatic hydroxyl groups excluding tert-OH is 8. The van der Waals surface area contributed by atoms with Crippen molar-refractivity contribution in [3.63, 3.8) is 0 Å². The number of rotatable bonds is 38. The summed E-state index contributed by atoms with van der Waals surface area (Å²) in [6.07, 6.45) is 35.1. The Morgan fingerprint density at radius 3 is 1.60 bits per heavy atom. The summed E-state index contributed by atoms with van der Waals surface area (Å²) in [5.74, 6) is -0.337. The van der Waals surface area contributed by atoms with E-state index in [4.69, 9.17) is 18.9 Å². The van der Waals surface area contributed by atoms with Crippen LogP contribution in [0.3, 0.4) is 0 Å². The van der Waals surface area contributed by atoms with E-state index in [2.05, 4.69) is 79.9 Å². The van der Waals surface area contributed by atoms with Crippen LogP contribution < -0.4 is 5.32 Å². The van der Waals surface area contributed by atoms with Gasteiger partial charge in [0.2, 0.25) is 5.91 Å². The van der Waals surface area contributed by atoms with Crippen molar-refractivity contribution in [3.05, 3.63) is 85.1 Å². The Labute approximate surface area is 408 Å². The minimum Gasteiger partial charge on any atom is -0.394 e. The van der Waals surface area contributed by atoms with Crippen LogP contribution in [0.1, 0.15) is 155 Å². The molecule has 0 radical (unpaired) electrons. The lowest BCUT2D eigenvalue weighted by atomic mass is 9.97. The largest absolute Gasteiger partial charge is 0.394 e. The topological polar surface area (TPSA) is 228 Å². The fourth-order valence-corrected chi connectivity index (χ4v) is 7.86. The molecule has 2 aliphatic heterocycles. The highest BCUT2D eigenvalue weighted by atomic mass is 16.7. The molecule has 0 aromatic heterocycles. The first-order valence-corrected chi connectivity index (χ1v) is 25.8. The summed E-state index contributed by atoms with van der Waals surface area (Å²) in [7, 11) is 0. The zero-order valence-corrected chi connectivity index (χ0v) is 41.3. The molecular weight excluding hydrogens is 871 g/mol. The molecule has 14 nitrogen and oxygen atoms in total. The molecule has 12 unspecified atom stereocenters. The number of unbranched alkanes of at least 4 members (excludes halogenated alkanes) is 13. The van der Waals surface area contributed by atoms with Crippen LogP contribution in [0.5, 0.6) is 0 Å².